The Hall–Kier alpha value is -1.51. The Morgan fingerprint density at radius 2 is 2.08 bits per heavy atom. The lowest BCUT2D eigenvalue weighted by molar-refractivity contribution is 0.252. The molecule has 0 saturated carbocycles. The first-order valence-corrected chi connectivity index (χ1v) is 4.41. The van der Waals surface area contributed by atoms with Crippen LogP contribution in [0.5, 0.6) is 0 Å². The molecule has 68 valence electrons. The van der Waals surface area contributed by atoms with Crippen molar-refractivity contribution in [3.63, 3.8) is 0 Å². The molecule has 0 bridgehead atoms. The number of carbonyl (C=O) groups excluding carboxylic acids is 1. The van der Waals surface area contributed by atoms with Crippen molar-refractivity contribution in [3.05, 3.63) is 30.3 Å². The summed E-state index contributed by atoms with van der Waals surface area (Å²) in [7, 11) is 0. The SMILES string of the molecule is C[C@@H]1CNC(=O)N1c1ccccc1. The first-order valence-electron chi connectivity index (χ1n) is 4.41. The highest BCUT2D eigenvalue weighted by molar-refractivity contribution is 5.94. The van der Waals surface area contributed by atoms with Gasteiger partial charge in [-0.2, -0.15) is 0 Å². The molecule has 2 rings (SSSR count). The van der Waals surface area contributed by atoms with Crippen LogP contribution in [0.25, 0.3) is 0 Å². The van der Waals surface area contributed by atoms with E-state index in [-0.39, 0.29) is 12.1 Å². The minimum absolute atomic E-state index is 0.00120. The normalized spacial score (nSPS) is 21.8. The van der Waals surface area contributed by atoms with Gasteiger partial charge in [-0.1, -0.05) is 18.2 Å². The molecule has 2 amide bonds. The minimum atomic E-state index is -0.00120. The third-order valence-electron chi connectivity index (χ3n) is 2.24. The molecule has 1 atom stereocenters. The molecular formula is C10H12N2O. The zero-order chi connectivity index (χ0) is 9.26. The topological polar surface area (TPSA) is 32.3 Å². The quantitative estimate of drug-likeness (QED) is 0.692. The van der Waals surface area contributed by atoms with Gasteiger partial charge in [0.2, 0.25) is 0 Å². The highest BCUT2D eigenvalue weighted by atomic mass is 16.2. The van der Waals surface area contributed by atoms with Crippen LogP contribution in [0.2, 0.25) is 0 Å². The van der Waals surface area contributed by atoms with Gasteiger partial charge >= 0.3 is 6.03 Å². The van der Waals surface area contributed by atoms with E-state index in [1.54, 1.807) is 4.90 Å². The van der Waals surface area contributed by atoms with Crippen molar-refractivity contribution in [2.24, 2.45) is 0 Å². The summed E-state index contributed by atoms with van der Waals surface area (Å²) in [6.45, 7) is 2.76. The maximum Gasteiger partial charge on any atom is 0.322 e. The molecule has 3 nitrogen and oxygen atoms in total. The monoisotopic (exact) mass is 176 g/mol. The van der Waals surface area contributed by atoms with E-state index in [1.807, 2.05) is 37.3 Å². The number of para-hydroxylation sites is 1. The zero-order valence-electron chi connectivity index (χ0n) is 7.53. The lowest BCUT2D eigenvalue weighted by atomic mass is 10.2. The third kappa shape index (κ3) is 1.37. The fraction of sp³-hybridized carbons (Fsp3) is 0.300. The number of nitrogens with one attached hydrogen (secondary N) is 1. The molecule has 3 heteroatoms. The van der Waals surface area contributed by atoms with Crippen LogP contribution in [-0.2, 0) is 0 Å². The summed E-state index contributed by atoms with van der Waals surface area (Å²) in [6, 6.07) is 9.96. The van der Waals surface area contributed by atoms with E-state index in [0.717, 1.165) is 12.2 Å². The molecule has 1 aromatic carbocycles. The first-order chi connectivity index (χ1) is 6.29. The average Bonchev–Trinajstić information content (AvgIpc) is 2.48. The molecule has 1 aliphatic rings. The number of rotatable bonds is 1. The number of amides is 2. The maximum absolute atomic E-state index is 11.4. The molecular weight excluding hydrogens is 164 g/mol. The fourth-order valence-electron chi connectivity index (χ4n) is 1.57. The van der Waals surface area contributed by atoms with Gasteiger partial charge in [0.05, 0.1) is 6.04 Å². The minimum Gasteiger partial charge on any atom is -0.336 e. The van der Waals surface area contributed by atoms with Gasteiger partial charge in [-0.15, -0.1) is 0 Å². The van der Waals surface area contributed by atoms with Gasteiger partial charge < -0.3 is 5.32 Å². The average molecular weight is 176 g/mol. The van der Waals surface area contributed by atoms with Crippen LogP contribution in [0.1, 0.15) is 6.92 Å². The molecule has 0 radical (unpaired) electrons. The van der Waals surface area contributed by atoms with E-state index in [0.29, 0.717) is 0 Å². The van der Waals surface area contributed by atoms with Crippen LogP contribution in [0, 0.1) is 0 Å². The second kappa shape index (κ2) is 3.09. The predicted octanol–water partition coefficient (Wildman–Crippen LogP) is 1.60. The number of anilines is 1. The second-order valence-corrected chi connectivity index (χ2v) is 3.24. The number of carbonyl (C=O) groups is 1. The van der Waals surface area contributed by atoms with Crippen LogP contribution in [-0.4, -0.2) is 18.6 Å². The largest absolute Gasteiger partial charge is 0.336 e. The maximum atomic E-state index is 11.4. The number of nitrogens with zero attached hydrogens (tertiary/aromatic N) is 1. The Bertz CT molecular complexity index is 310. The Morgan fingerprint density at radius 1 is 1.38 bits per heavy atom. The van der Waals surface area contributed by atoms with Crippen molar-refractivity contribution < 1.29 is 4.79 Å². The van der Waals surface area contributed by atoms with Crippen molar-refractivity contribution >= 4 is 11.7 Å². The molecule has 0 spiro atoms. The van der Waals surface area contributed by atoms with Gasteiger partial charge in [0.25, 0.3) is 0 Å². The summed E-state index contributed by atoms with van der Waals surface area (Å²) in [4.78, 5) is 13.2. The van der Waals surface area contributed by atoms with Crippen LogP contribution < -0.4 is 10.2 Å². The zero-order valence-corrected chi connectivity index (χ0v) is 7.53. The van der Waals surface area contributed by atoms with Crippen LogP contribution in [0.3, 0.4) is 0 Å². The van der Waals surface area contributed by atoms with Crippen molar-refractivity contribution in [1.29, 1.82) is 0 Å². The summed E-state index contributed by atoms with van der Waals surface area (Å²) < 4.78 is 0. The number of hydrogen-bond acceptors (Lipinski definition) is 1. The van der Waals surface area contributed by atoms with Crippen LogP contribution in [0.15, 0.2) is 30.3 Å². The molecule has 1 saturated heterocycles. The van der Waals surface area contributed by atoms with Gasteiger partial charge in [-0.05, 0) is 19.1 Å². The Kier molecular flexibility index (Phi) is 1.93. The third-order valence-corrected chi connectivity index (χ3v) is 2.24. The van der Waals surface area contributed by atoms with Crippen LogP contribution >= 0.6 is 0 Å². The van der Waals surface area contributed by atoms with Gasteiger partial charge in [-0.25, -0.2) is 4.79 Å². The molecule has 13 heavy (non-hydrogen) atoms. The molecule has 0 unspecified atom stereocenters. The van der Waals surface area contributed by atoms with Gasteiger partial charge in [-0.3, -0.25) is 4.90 Å². The standard InChI is InChI=1S/C10H12N2O/c1-8-7-11-10(13)12(8)9-5-3-2-4-6-9/h2-6,8H,7H2,1H3,(H,11,13)/t8-/m1/s1. The lowest BCUT2D eigenvalue weighted by Gasteiger charge is -2.19. The van der Waals surface area contributed by atoms with Gasteiger partial charge in [0, 0.05) is 12.2 Å². The molecule has 1 N–H and O–H groups in total. The van der Waals surface area contributed by atoms with Gasteiger partial charge in [0.15, 0.2) is 0 Å². The number of benzene rings is 1. The molecule has 1 fully saturated rings. The second-order valence-electron chi connectivity index (χ2n) is 3.24. The predicted molar refractivity (Wildman–Crippen MR) is 51.8 cm³/mol. The summed E-state index contributed by atoms with van der Waals surface area (Å²) in [5, 5.41) is 2.80. The molecule has 0 aromatic heterocycles. The lowest BCUT2D eigenvalue weighted by Crippen LogP contribution is -2.32. The highest BCUT2D eigenvalue weighted by Gasteiger charge is 2.27. The fourth-order valence-corrected chi connectivity index (χ4v) is 1.57. The summed E-state index contributed by atoms with van der Waals surface area (Å²) in [5.41, 5.74) is 0.963. The first kappa shape index (κ1) is 8.10. The van der Waals surface area contributed by atoms with E-state index in [4.69, 9.17) is 0 Å². The smallest absolute Gasteiger partial charge is 0.322 e. The van der Waals surface area contributed by atoms with E-state index < -0.39 is 0 Å². The Balaban J connectivity index is 2.30. The molecule has 1 aromatic rings. The molecule has 1 aliphatic heterocycles. The van der Waals surface area contributed by atoms with Gasteiger partial charge in [0.1, 0.15) is 0 Å². The van der Waals surface area contributed by atoms with Crippen molar-refractivity contribution in [1.82, 2.24) is 5.32 Å². The summed E-state index contributed by atoms with van der Waals surface area (Å²) in [6.07, 6.45) is 0. The number of urea groups is 1. The van der Waals surface area contributed by atoms with Crippen molar-refractivity contribution in [3.8, 4) is 0 Å². The summed E-state index contributed by atoms with van der Waals surface area (Å²) >= 11 is 0. The van der Waals surface area contributed by atoms with Crippen LogP contribution in [0.4, 0.5) is 10.5 Å². The Morgan fingerprint density at radius 3 is 2.62 bits per heavy atom. The van der Waals surface area contributed by atoms with Crippen molar-refractivity contribution in [2.75, 3.05) is 11.4 Å². The van der Waals surface area contributed by atoms with E-state index in [9.17, 15) is 4.79 Å². The van der Waals surface area contributed by atoms with E-state index >= 15 is 0 Å². The van der Waals surface area contributed by atoms with E-state index in [1.165, 1.54) is 0 Å². The Labute approximate surface area is 77.4 Å². The van der Waals surface area contributed by atoms with Crippen molar-refractivity contribution in [2.45, 2.75) is 13.0 Å². The summed E-state index contributed by atoms with van der Waals surface area (Å²) in [5.74, 6) is 0. The number of hydrogen-bond donors (Lipinski definition) is 1. The van der Waals surface area contributed by atoms with E-state index in [2.05, 4.69) is 5.32 Å². The molecule has 1 heterocycles. The highest BCUT2D eigenvalue weighted by Crippen LogP contribution is 2.19. The molecule has 0 aliphatic carbocycles.